The summed E-state index contributed by atoms with van der Waals surface area (Å²) in [5.74, 6) is 0. The highest BCUT2D eigenvalue weighted by Gasteiger charge is 2.06. The van der Waals surface area contributed by atoms with Gasteiger partial charge in [0.1, 0.15) is 0 Å². The van der Waals surface area contributed by atoms with Crippen LogP contribution in [0.2, 0.25) is 0 Å². The summed E-state index contributed by atoms with van der Waals surface area (Å²) in [4.78, 5) is 1.38. The normalized spacial score (nSPS) is 12.6. The summed E-state index contributed by atoms with van der Waals surface area (Å²) in [5, 5.41) is 5.66. The van der Waals surface area contributed by atoms with Gasteiger partial charge in [0.15, 0.2) is 0 Å². The average molecular weight is 310 g/mol. The van der Waals surface area contributed by atoms with E-state index in [1.54, 1.807) is 11.3 Å². The van der Waals surface area contributed by atoms with Gasteiger partial charge in [-0.05, 0) is 42.5 Å². The molecule has 0 saturated carbocycles. The van der Waals surface area contributed by atoms with Crippen molar-refractivity contribution in [3.8, 4) is 0 Å². The summed E-state index contributed by atoms with van der Waals surface area (Å²) in [6.45, 7) is 5.20. The smallest absolute Gasteiger partial charge is 0.0388 e. The van der Waals surface area contributed by atoms with Gasteiger partial charge in [0.2, 0.25) is 0 Å². The van der Waals surface area contributed by atoms with Crippen LogP contribution in [0.25, 0.3) is 0 Å². The number of hydrogen-bond donors (Lipinski definition) is 1. The minimum absolute atomic E-state index is 0.406. The summed E-state index contributed by atoms with van der Waals surface area (Å²) >= 11 is 5.41. The van der Waals surface area contributed by atoms with Gasteiger partial charge >= 0.3 is 0 Å². The summed E-state index contributed by atoms with van der Waals surface area (Å²) < 4.78 is 1.18. The van der Waals surface area contributed by atoms with Gasteiger partial charge in [0.25, 0.3) is 0 Å². The number of benzene rings is 1. The summed E-state index contributed by atoms with van der Waals surface area (Å²) in [6, 6.07) is 11.2. The van der Waals surface area contributed by atoms with Crippen LogP contribution in [-0.4, -0.2) is 0 Å². The number of halogens is 1. The van der Waals surface area contributed by atoms with Crippen LogP contribution in [0, 0.1) is 6.92 Å². The van der Waals surface area contributed by atoms with Crippen LogP contribution >= 0.6 is 27.3 Å². The zero-order valence-electron chi connectivity index (χ0n) is 10.0. The van der Waals surface area contributed by atoms with Gasteiger partial charge in [0, 0.05) is 21.9 Å². The largest absolute Gasteiger partial charge is 0.305 e. The first-order valence-electron chi connectivity index (χ1n) is 5.68. The molecule has 1 N–H and O–H groups in total. The maximum atomic E-state index is 3.61. The molecule has 2 aromatic rings. The van der Waals surface area contributed by atoms with Crippen molar-refractivity contribution in [2.75, 3.05) is 0 Å². The van der Waals surface area contributed by atoms with Crippen LogP contribution in [-0.2, 0) is 6.54 Å². The third kappa shape index (κ3) is 3.41. The highest BCUT2D eigenvalue weighted by atomic mass is 79.9. The van der Waals surface area contributed by atoms with E-state index in [9.17, 15) is 0 Å². The van der Waals surface area contributed by atoms with Gasteiger partial charge in [-0.25, -0.2) is 0 Å². The van der Waals surface area contributed by atoms with Crippen molar-refractivity contribution in [3.05, 3.63) is 56.2 Å². The molecule has 17 heavy (non-hydrogen) atoms. The van der Waals surface area contributed by atoms with Crippen LogP contribution in [0.5, 0.6) is 0 Å². The molecule has 0 aliphatic carbocycles. The van der Waals surface area contributed by atoms with Crippen LogP contribution < -0.4 is 5.32 Å². The van der Waals surface area contributed by atoms with Crippen LogP contribution in [0.3, 0.4) is 0 Å². The second kappa shape index (κ2) is 5.80. The molecule has 1 aromatic carbocycles. The van der Waals surface area contributed by atoms with Gasteiger partial charge in [-0.3, -0.25) is 0 Å². The fraction of sp³-hybridized carbons (Fsp3) is 0.286. The van der Waals surface area contributed by atoms with E-state index in [0.29, 0.717) is 6.04 Å². The first kappa shape index (κ1) is 12.8. The highest BCUT2D eigenvalue weighted by molar-refractivity contribution is 9.10. The Morgan fingerprint density at radius 1 is 1.35 bits per heavy atom. The van der Waals surface area contributed by atoms with Gasteiger partial charge in [-0.15, -0.1) is 11.3 Å². The minimum atomic E-state index is 0.406. The lowest BCUT2D eigenvalue weighted by Crippen LogP contribution is -2.17. The molecule has 0 unspecified atom stereocenters. The topological polar surface area (TPSA) is 12.0 Å². The van der Waals surface area contributed by atoms with Gasteiger partial charge in [-0.2, -0.15) is 0 Å². The summed E-state index contributed by atoms with van der Waals surface area (Å²) in [6.07, 6.45) is 0. The van der Waals surface area contributed by atoms with E-state index in [4.69, 9.17) is 0 Å². The Labute approximate surface area is 115 Å². The minimum Gasteiger partial charge on any atom is -0.305 e. The van der Waals surface area contributed by atoms with Crippen molar-refractivity contribution in [1.29, 1.82) is 0 Å². The zero-order chi connectivity index (χ0) is 12.3. The molecule has 0 bridgehead atoms. The molecule has 1 heterocycles. The van der Waals surface area contributed by atoms with E-state index >= 15 is 0 Å². The van der Waals surface area contributed by atoms with Crippen LogP contribution in [0.1, 0.15) is 29.0 Å². The van der Waals surface area contributed by atoms with Crippen molar-refractivity contribution in [2.24, 2.45) is 0 Å². The van der Waals surface area contributed by atoms with E-state index in [-0.39, 0.29) is 0 Å². The maximum Gasteiger partial charge on any atom is 0.0388 e. The van der Waals surface area contributed by atoms with Gasteiger partial charge in [0.05, 0.1) is 0 Å². The Kier molecular flexibility index (Phi) is 4.37. The summed E-state index contributed by atoms with van der Waals surface area (Å²) in [7, 11) is 0. The Morgan fingerprint density at radius 2 is 2.18 bits per heavy atom. The highest BCUT2D eigenvalue weighted by Crippen LogP contribution is 2.21. The SMILES string of the molecule is Cc1ccc(CN[C@H](C)c2cccs2)c(Br)c1. The monoisotopic (exact) mass is 309 g/mol. The molecule has 0 amide bonds. The van der Waals surface area contributed by atoms with E-state index in [0.717, 1.165) is 6.54 Å². The molecular formula is C14H16BrNS. The van der Waals surface area contributed by atoms with E-state index in [2.05, 4.69) is 70.8 Å². The molecule has 2 rings (SSSR count). The lowest BCUT2D eigenvalue weighted by atomic mass is 10.1. The molecule has 0 fully saturated rings. The first-order valence-corrected chi connectivity index (χ1v) is 7.36. The fourth-order valence-corrected chi connectivity index (χ4v) is 3.09. The van der Waals surface area contributed by atoms with Crippen molar-refractivity contribution in [3.63, 3.8) is 0 Å². The molecule has 0 aliphatic rings. The van der Waals surface area contributed by atoms with Crippen LogP contribution in [0.15, 0.2) is 40.2 Å². The Morgan fingerprint density at radius 3 is 2.82 bits per heavy atom. The Hall–Kier alpha value is -0.640. The number of thiophene rings is 1. The summed E-state index contributed by atoms with van der Waals surface area (Å²) in [5.41, 5.74) is 2.59. The van der Waals surface area contributed by atoms with E-state index < -0.39 is 0 Å². The second-order valence-corrected chi connectivity index (χ2v) is 6.05. The Balaban J connectivity index is 1.98. The molecule has 1 nitrogen and oxygen atoms in total. The molecule has 1 atom stereocenters. The molecule has 0 aliphatic heterocycles. The zero-order valence-corrected chi connectivity index (χ0v) is 12.4. The quantitative estimate of drug-likeness (QED) is 0.865. The molecule has 0 saturated heterocycles. The number of rotatable bonds is 4. The van der Waals surface area contributed by atoms with Crippen molar-refractivity contribution in [1.82, 2.24) is 5.32 Å². The molecular weight excluding hydrogens is 294 g/mol. The maximum absolute atomic E-state index is 3.61. The number of hydrogen-bond acceptors (Lipinski definition) is 2. The molecule has 90 valence electrons. The third-order valence-electron chi connectivity index (χ3n) is 2.78. The first-order chi connectivity index (χ1) is 8.16. The number of aryl methyl sites for hydroxylation is 1. The Bertz CT molecular complexity index is 479. The predicted molar refractivity (Wildman–Crippen MR) is 78.5 cm³/mol. The average Bonchev–Trinajstić information content (AvgIpc) is 2.81. The molecule has 0 spiro atoms. The molecule has 1 aromatic heterocycles. The van der Waals surface area contributed by atoms with Gasteiger partial charge < -0.3 is 5.32 Å². The van der Waals surface area contributed by atoms with Crippen LogP contribution in [0.4, 0.5) is 0 Å². The molecule has 0 radical (unpaired) electrons. The van der Waals surface area contributed by atoms with Crippen molar-refractivity contribution < 1.29 is 0 Å². The van der Waals surface area contributed by atoms with Gasteiger partial charge in [-0.1, -0.05) is 34.1 Å². The lowest BCUT2D eigenvalue weighted by Gasteiger charge is -2.13. The standard InChI is InChI=1S/C14H16BrNS/c1-10-5-6-12(13(15)8-10)9-16-11(2)14-4-3-7-17-14/h3-8,11,16H,9H2,1-2H3/t11-/m1/s1. The van der Waals surface area contributed by atoms with E-state index in [1.165, 1.54) is 20.5 Å². The van der Waals surface area contributed by atoms with E-state index in [1.807, 2.05) is 0 Å². The fourth-order valence-electron chi connectivity index (χ4n) is 1.70. The molecule has 3 heteroatoms. The lowest BCUT2D eigenvalue weighted by molar-refractivity contribution is 0.582. The predicted octanol–water partition coefficient (Wildman–Crippen LogP) is 4.67. The third-order valence-corrected chi connectivity index (χ3v) is 4.57. The second-order valence-electron chi connectivity index (χ2n) is 4.21. The number of nitrogens with one attached hydrogen (secondary N) is 1. The van der Waals surface area contributed by atoms with Crippen molar-refractivity contribution >= 4 is 27.3 Å². The van der Waals surface area contributed by atoms with Crippen molar-refractivity contribution in [2.45, 2.75) is 26.4 Å².